The fourth-order valence-electron chi connectivity index (χ4n) is 1.88. The van der Waals surface area contributed by atoms with E-state index in [1.807, 2.05) is 29.8 Å². The summed E-state index contributed by atoms with van der Waals surface area (Å²) in [4.78, 5) is 8.81. The van der Waals surface area contributed by atoms with Crippen LogP contribution in [-0.2, 0) is 6.54 Å². The quantitative estimate of drug-likeness (QED) is 0.921. The number of pyridine rings is 1. The minimum atomic E-state index is 0.654. The summed E-state index contributed by atoms with van der Waals surface area (Å²) in [7, 11) is 0. The van der Waals surface area contributed by atoms with E-state index in [4.69, 9.17) is 11.6 Å². The molecule has 1 saturated carbocycles. The zero-order valence-corrected chi connectivity index (χ0v) is 11.0. The third-order valence-corrected chi connectivity index (χ3v) is 3.46. The zero-order valence-electron chi connectivity index (χ0n) is 10.2. The number of halogens is 1. The number of aryl methyl sites for hydroxylation is 1. The summed E-state index contributed by atoms with van der Waals surface area (Å²) < 4.78 is 1.96. The molecule has 0 aliphatic heterocycles. The van der Waals surface area contributed by atoms with Gasteiger partial charge in [-0.1, -0.05) is 11.6 Å². The van der Waals surface area contributed by atoms with Crippen LogP contribution in [0.2, 0.25) is 5.02 Å². The van der Waals surface area contributed by atoms with Crippen molar-refractivity contribution in [3.05, 3.63) is 41.1 Å². The first-order chi connectivity index (χ1) is 8.74. The number of hydrogen-bond acceptors (Lipinski definition) is 3. The van der Waals surface area contributed by atoms with Crippen LogP contribution in [0.3, 0.4) is 0 Å². The second kappa shape index (κ2) is 4.71. The van der Waals surface area contributed by atoms with Gasteiger partial charge in [0.05, 0.1) is 10.7 Å². The summed E-state index contributed by atoms with van der Waals surface area (Å²) in [6.45, 7) is 2.68. The van der Waals surface area contributed by atoms with Crippen molar-refractivity contribution in [1.29, 1.82) is 0 Å². The lowest BCUT2D eigenvalue weighted by Crippen LogP contribution is -2.17. The van der Waals surface area contributed by atoms with Crippen molar-refractivity contribution < 1.29 is 0 Å². The van der Waals surface area contributed by atoms with E-state index in [9.17, 15) is 0 Å². The Morgan fingerprint density at radius 2 is 2.28 bits per heavy atom. The van der Waals surface area contributed by atoms with Crippen molar-refractivity contribution in [2.45, 2.75) is 32.4 Å². The molecule has 18 heavy (non-hydrogen) atoms. The minimum absolute atomic E-state index is 0.654. The van der Waals surface area contributed by atoms with Crippen LogP contribution < -0.4 is 5.32 Å². The van der Waals surface area contributed by atoms with E-state index in [0.717, 1.165) is 23.9 Å². The van der Waals surface area contributed by atoms with Crippen molar-refractivity contribution in [2.75, 3.05) is 0 Å². The van der Waals surface area contributed by atoms with Crippen LogP contribution in [0.4, 0.5) is 0 Å². The lowest BCUT2D eigenvalue weighted by atomic mass is 10.3. The monoisotopic (exact) mass is 262 g/mol. The number of hydrogen-bond donors (Lipinski definition) is 1. The molecule has 0 aromatic carbocycles. The number of nitrogens with one attached hydrogen (secondary N) is 1. The van der Waals surface area contributed by atoms with Gasteiger partial charge in [0.25, 0.3) is 0 Å². The maximum Gasteiger partial charge on any atom is 0.138 e. The Bertz CT molecular complexity index is 560. The molecule has 0 spiro atoms. The second-order valence-corrected chi connectivity index (χ2v) is 5.00. The molecule has 0 saturated heterocycles. The summed E-state index contributed by atoms with van der Waals surface area (Å²) in [5.74, 6) is 1.79. The van der Waals surface area contributed by atoms with Crippen LogP contribution in [0.5, 0.6) is 0 Å². The fraction of sp³-hybridized carbons (Fsp3) is 0.385. The molecule has 2 aromatic rings. The highest BCUT2D eigenvalue weighted by molar-refractivity contribution is 6.31. The van der Waals surface area contributed by atoms with Gasteiger partial charge in [0, 0.05) is 25.0 Å². The molecular formula is C13H15ClN4. The molecular weight excluding hydrogens is 248 g/mol. The molecule has 1 aliphatic carbocycles. The normalized spacial score (nSPS) is 15.0. The third kappa shape index (κ3) is 2.40. The first kappa shape index (κ1) is 11.7. The molecule has 3 rings (SSSR count). The largest absolute Gasteiger partial charge is 0.308 e. The zero-order chi connectivity index (χ0) is 12.5. The molecule has 5 heteroatoms. The summed E-state index contributed by atoms with van der Waals surface area (Å²) in [5.41, 5.74) is 0.897. The van der Waals surface area contributed by atoms with E-state index < -0.39 is 0 Å². The van der Waals surface area contributed by atoms with Crippen LogP contribution in [0.1, 0.15) is 24.4 Å². The molecule has 0 bridgehead atoms. The van der Waals surface area contributed by atoms with Crippen LogP contribution in [0.25, 0.3) is 5.82 Å². The summed E-state index contributed by atoms with van der Waals surface area (Å²) in [6.07, 6.45) is 6.20. The van der Waals surface area contributed by atoms with Crippen LogP contribution >= 0.6 is 11.6 Å². The van der Waals surface area contributed by atoms with Crippen molar-refractivity contribution in [3.8, 4) is 5.82 Å². The molecule has 0 unspecified atom stereocenters. The minimum Gasteiger partial charge on any atom is -0.308 e. The van der Waals surface area contributed by atoms with Gasteiger partial charge in [-0.2, -0.15) is 0 Å². The molecule has 2 heterocycles. The van der Waals surface area contributed by atoms with Gasteiger partial charge in [-0.25, -0.2) is 9.97 Å². The molecule has 0 amide bonds. The summed E-state index contributed by atoms with van der Waals surface area (Å²) in [6, 6.07) is 4.46. The Kier molecular flexibility index (Phi) is 3.06. The van der Waals surface area contributed by atoms with Crippen molar-refractivity contribution in [2.24, 2.45) is 0 Å². The summed E-state index contributed by atoms with van der Waals surface area (Å²) >= 11 is 6.17. The van der Waals surface area contributed by atoms with E-state index in [1.54, 1.807) is 6.20 Å². The number of aromatic nitrogens is 3. The Labute approximate surface area is 111 Å². The average Bonchev–Trinajstić information content (AvgIpc) is 3.10. The Balaban J connectivity index is 1.87. The van der Waals surface area contributed by atoms with Gasteiger partial charge >= 0.3 is 0 Å². The smallest absolute Gasteiger partial charge is 0.138 e. The van der Waals surface area contributed by atoms with Crippen LogP contribution in [-0.4, -0.2) is 20.6 Å². The van der Waals surface area contributed by atoms with E-state index >= 15 is 0 Å². The van der Waals surface area contributed by atoms with Gasteiger partial charge in [-0.05, 0) is 31.9 Å². The molecule has 0 radical (unpaired) electrons. The molecule has 1 N–H and O–H groups in total. The fourth-order valence-corrected chi connectivity index (χ4v) is 2.05. The molecule has 4 nitrogen and oxygen atoms in total. The van der Waals surface area contributed by atoms with Crippen LogP contribution in [0, 0.1) is 6.92 Å². The maximum absolute atomic E-state index is 6.17. The van der Waals surface area contributed by atoms with Crippen molar-refractivity contribution >= 4 is 11.6 Å². The Morgan fingerprint density at radius 1 is 1.44 bits per heavy atom. The molecule has 1 aliphatic rings. The lowest BCUT2D eigenvalue weighted by Gasteiger charge is -2.09. The standard InChI is InChI=1S/C13H15ClN4/c1-9-15-6-7-18(9)13-5-4-11(14)12(17-13)8-16-10-2-3-10/h4-7,10,16H,2-3,8H2,1H3. The van der Waals surface area contributed by atoms with Gasteiger partial charge in [0.15, 0.2) is 0 Å². The van der Waals surface area contributed by atoms with Gasteiger partial charge < -0.3 is 5.32 Å². The van der Waals surface area contributed by atoms with Crippen molar-refractivity contribution in [1.82, 2.24) is 19.9 Å². The van der Waals surface area contributed by atoms with E-state index in [2.05, 4.69) is 15.3 Å². The summed E-state index contributed by atoms with van der Waals surface area (Å²) in [5, 5.41) is 4.14. The average molecular weight is 263 g/mol. The highest BCUT2D eigenvalue weighted by atomic mass is 35.5. The SMILES string of the molecule is Cc1nccn1-c1ccc(Cl)c(CNC2CC2)n1. The first-order valence-corrected chi connectivity index (χ1v) is 6.51. The molecule has 94 valence electrons. The van der Waals surface area contributed by atoms with E-state index in [-0.39, 0.29) is 0 Å². The number of nitrogens with zero attached hydrogens (tertiary/aromatic N) is 3. The second-order valence-electron chi connectivity index (χ2n) is 4.60. The maximum atomic E-state index is 6.17. The molecule has 2 aromatic heterocycles. The Morgan fingerprint density at radius 3 is 2.94 bits per heavy atom. The third-order valence-electron chi connectivity index (χ3n) is 3.11. The van der Waals surface area contributed by atoms with Gasteiger partial charge in [-0.3, -0.25) is 4.57 Å². The van der Waals surface area contributed by atoms with Gasteiger partial charge in [0.2, 0.25) is 0 Å². The first-order valence-electron chi connectivity index (χ1n) is 6.13. The topological polar surface area (TPSA) is 42.7 Å². The van der Waals surface area contributed by atoms with Gasteiger partial charge in [-0.15, -0.1) is 0 Å². The van der Waals surface area contributed by atoms with Gasteiger partial charge in [0.1, 0.15) is 11.6 Å². The number of rotatable bonds is 4. The molecule has 0 atom stereocenters. The molecule has 1 fully saturated rings. The predicted octanol–water partition coefficient (Wildman–Crippen LogP) is 2.48. The lowest BCUT2D eigenvalue weighted by molar-refractivity contribution is 0.672. The highest BCUT2D eigenvalue weighted by Gasteiger charge is 2.20. The van der Waals surface area contributed by atoms with E-state index in [1.165, 1.54) is 12.8 Å². The highest BCUT2D eigenvalue weighted by Crippen LogP contribution is 2.21. The van der Waals surface area contributed by atoms with E-state index in [0.29, 0.717) is 11.1 Å². The van der Waals surface area contributed by atoms with Crippen molar-refractivity contribution in [3.63, 3.8) is 0 Å². The Hall–Kier alpha value is -1.39. The number of imidazole rings is 1. The van der Waals surface area contributed by atoms with Crippen LogP contribution in [0.15, 0.2) is 24.5 Å². The predicted molar refractivity (Wildman–Crippen MR) is 71.0 cm³/mol.